The van der Waals surface area contributed by atoms with Gasteiger partial charge >= 0.3 is 11.9 Å². The summed E-state index contributed by atoms with van der Waals surface area (Å²) in [5, 5.41) is 8.79. The lowest BCUT2D eigenvalue weighted by Crippen LogP contribution is -2.17. The first kappa shape index (κ1) is 16.3. The van der Waals surface area contributed by atoms with Crippen molar-refractivity contribution in [1.29, 1.82) is 0 Å². The SMILES string of the molecule is O=C(CC1CCCCC1)OCCOc1ccc(C(=O)O)cc1. The van der Waals surface area contributed by atoms with Crippen LogP contribution in [0.3, 0.4) is 0 Å². The molecule has 5 heteroatoms. The minimum Gasteiger partial charge on any atom is -0.490 e. The quantitative estimate of drug-likeness (QED) is 0.618. The van der Waals surface area contributed by atoms with Crippen LogP contribution in [0, 0.1) is 5.92 Å². The van der Waals surface area contributed by atoms with Crippen molar-refractivity contribution in [2.45, 2.75) is 38.5 Å². The summed E-state index contributed by atoms with van der Waals surface area (Å²) < 4.78 is 10.6. The third-order valence-corrected chi connectivity index (χ3v) is 3.90. The van der Waals surface area contributed by atoms with Gasteiger partial charge in [-0.05, 0) is 43.0 Å². The molecule has 120 valence electrons. The van der Waals surface area contributed by atoms with Crippen molar-refractivity contribution in [3.8, 4) is 5.75 Å². The van der Waals surface area contributed by atoms with Gasteiger partial charge in [0.25, 0.3) is 0 Å². The molecule has 0 amide bonds. The van der Waals surface area contributed by atoms with Gasteiger partial charge in [0.1, 0.15) is 19.0 Å². The van der Waals surface area contributed by atoms with Crippen LogP contribution in [0.25, 0.3) is 0 Å². The summed E-state index contributed by atoms with van der Waals surface area (Å²) in [5.74, 6) is -0.0843. The number of rotatable bonds is 7. The van der Waals surface area contributed by atoms with Gasteiger partial charge in [0.05, 0.1) is 5.56 Å². The Labute approximate surface area is 130 Å². The highest BCUT2D eigenvalue weighted by molar-refractivity contribution is 5.87. The predicted octanol–water partition coefficient (Wildman–Crippen LogP) is 3.28. The van der Waals surface area contributed by atoms with Crippen LogP contribution < -0.4 is 4.74 Å². The van der Waals surface area contributed by atoms with Crippen LogP contribution in [0.4, 0.5) is 0 Å². The normalized spacial score (nSPS) is 15.3. The lowest BCUT2D eigenvalue weighted by Gasteiger charge is -2.20. The number of carbonyl (C=O) groups is 2. The molecule has 1 N–H and O–H groups in total. The highest BCUT2D eigenvalue weighted by atomic mass is 16.6. The molecule has 0 spiro atoms. The summed E-state index contributed by atoms with van der Waals surface area (Å²) in [6.45, 7) is 0.481. The van der Waals surface area contributed by atoms with Gasteiger partial charge in [0.15, 0.2) is 0 Å². The molecule has 0 unspecified atom stereocenters. The van der Waals surface area contributed by atoms with Crippen LogP contribution in [-0.2, 0) is 9.53 Å². The second-order valence-electron chi connectivity index (χ2n) is 5.61. The fourth-order valence-electron chi connectivity index (χ4n) is 2.69. The maximum absolute atomic E-state index is 11.7. The van der Waals surface area contributed by atoms with Crippen LogP contribution in [0.1, 0.15) is 48.9 Å². The van der Waals surface area contributed by atoms with E-state index in [9.17, 15) is 9.59 Å². The maximum atomic E-state index is 11.7. The summed E-state index contributed by atoms with van der Waals surface area (Å²) in [6.07, 6.45) is 6.47. The summed E-state index contributed by atoms with van der Waals surface area (Å²) >= 11 is 0. The van der Waals surface area contributed by atoms with Crippen LogP contribution >= 0.6 is 0 Å². The molecule has 0 heterocycles. The molecule has 1 saturated carbocycles. The summed E-state index contributed by atoms with van der Waals surface area (Å²) in [4.78, 5) is 22.4. The first-order valence-corrected chi connectivity index (χ1v) is 7.77. The van der Waals surface area contributed by atoms with Gasteiger partial charge in [-0.2, -0.15) is 0 Å². The van der Waals surface area contributed by atoms with E-state index < -0.39 is 5.97 Å². The van der Waals surface area contributed by atoms with Crippen molar-refractivity contribution < 1.29 is 24.2 Å². The Balaban J connectivity index is 1.61. The number of ether oxygens (including phenoxy) is 2. The molecule has 1 aromatic rings. The minimum atomic E-state index is -0.969. The maximum Gasteiger partial charge on any atom is 0.335 e. The van der Waals surface area contributed by atoms with Crippen molar-refractivity contribution in [3.63, 3.8) is 0 Å². The van der Waals surface area contributed by atoms with Crippen molar-refractivity contribution in [2.24, 2.45) is 5.92 Å². The smallest absolute Gasteiger partial charge is 0.335 e. The standard InChI is InChI=1S/C17H22O5/c18-16(12-13-4-2-1-3-5-13)22-11-10-21-15-8-6-14(7-9-15)17(19)20/h6-9,13H,1-5,10-12H2,(H,19,20). The summed E-state index contributed by atoms with van der Waals surface area (Å²) in [7, 11) is 0. The van der Waals surface area contributed by atoms with E-state index in [0.717, 1.165) is 12.8 Å². The van der Waals surface area contributed by atoms with Crippen LogP contribution in [0.2, 0.25) is 0 Å². The van der Waals surface area contributed by atoms with E-state index in [1.807, 2.05) is 0 Å². The van der Waals surface area contributed by atoms with Gasteiger partial charge in [0.2, 0.25) is 0 Å². The molecular weight excluding hydrogens is 284 g/mol. The second-order valence-corrected chi connectivity index (χ2v) is 5.61. The lowest BCUT2D eigenvalue weighted by atomic mass is 9.87. The van der Waals surface area contributed by atoms with Gasteiger partial charge in [-0.1, -0.05) is 19.3 Å². The Morgan fingerprint density at radius 3 is 2.36 bits per heavy atom. The van der Waals surface area contributed by atoms with Crippen molar-refractivity contribution in [2.75, 3.05) is 13.2 Å². The van der Waals surface area contributed by atoms with Crippen molar-refractivity contribution in [3.05, 3.63) is 29.8 Å². The Morgan fingerprint density at radius 1 is 1.05 bits per heavy atom. The molecule has 1 fully saturated rings. The fourth-order valence-corrected chi connectivity index (χ4v) is 2.69. The zero-order valence-electron chi connectivity index (χ0n) is 12.6. The van der Waals surface area contributed by atoms with Gasteiger partial charge in [-0.25, -0.2) is 4.79 Å². The number of esters is 1. The molecule has 0 atom stereocenters. The number of carboxylic acid groups (broad SMARTS) is 1. The van der Waals surface area contributed by atoms with E-state index in [4.69, 9.17) is 14.6 Å². The number of carbonyl (C=O) groups excluding carboxylic acids is 1. The minimum absolute atomic E-state index is 0.156. The van der Waals surface area contributed by atoms with Gasteiger partial charge < -0.3 is 14.6 Å². The Bertz CT molecular complexity index is 488. The Hall–Kier alpha value is -2.04. The van der Waals surface area contributed by atoms with Crippen LogP contribution in [-0.4, -0.2) is 30.3 Å². The third-order valence-electron chi connectivity index (χ3n) is 3.90. The number of aromatic carboxylic acids is 1. The van der Waals surface area contributed by atoms with Crippen LogP contribution in [0.15, 0.2) is 24.3 Å². The molecule has 0 radical (unpaired) electrons. The van der Waals surface area contributed by atoms with E-state index in [1.54, 1.807) is 12.1 Å². The molecule has 22 heavy (non-hydrogen) atoms. The lowest BCUT2D eigenvalue weighted by molar-refractivity contribution is -0.145. The summed E-state index contributed by atoms with van der Waals surface area (Å²) in [6, 6.07) is 6.14. The number of hydrogen-bond acceptors (Lipinski definition) is 4. The zero-order chi connectivity index (χ0) is 15.8. The molecule has 0 saturated heterocycles. The largest absolute Gasteiger partial charge is 0.490 e. The summed E-state index contributed by atoms with van der Waals surface area (Å²) in [5.41, 5.74) is 0.214. The van der Waals surface area contributed by atoms with E-state index in [0.29, 0.717) is 18.1 Å². The number of hydrogen-bond donors (Lipinski definition) is 1. The van der Waals surface area contributed by atoms with Crippen molar-refractivity contribution >= 4 is 11.9 Å². The van der Waals surface area contributed by atoms with Gasteiger partial charge in [-0.3, -0.25) is 4.79 Å². The van der Waals surface area contributed by atoms with Crippen molar-refractivity contribution in [1.82, 2.24) is 0 Å². The predicted molar refractivity (Wildman–Crippen MR) is 81.0 cm³/mol. The molecule has 0 bridgehead atoms. The molecule has 0 aromatic heterocycles. The highest BCUT2D eigenvalue weighted by Crippen LogP contribution is 2.26. The molecule has 2 rings (SSSR count). The van der Waals surface area contributed by atoms with E-state index in [1.165, 1.54) is 31.4 Å². The second kappa shape index (κ2) is 8.41. The fraction of sp³-hybridized carbons (Fsp3) is 0.529. The molecule has 0 aliphatic heterocycles. The average molecular weight is 306 g/mol. The third kappa shape index (κ3) is 5.39. The molecule has 5 nitrogen and oxygen atoms in total. The molecule has 1 aliphatic rings. The van der Waals surface area contributed by atoms with E-state index in [-0.39, 0.29) is 24.7 Å². The topological polar surface area (TPSA) is 72.8 Å². The Morgan fingerprint density at radius 2 is 1.73 bits per heavy atom. The Kier molecular flexibility index (Phi) is 6.25. The van der Waals surface area contributed by atoms with Crippen LogP contribution in [0.5, 0.6) is 5.75 Å². The average Bonchev–Trinajstić information content (AvgIpc) is 2.53. The number of carboxylic acids is 1. The first-order chi connectivity index (χ1) is 10.6. The molecular formula is C17H22O5. The van der Waals surface area contributed by atoms with Gasteiger partial charge in [-0.15, -0.1) is 0 Å². The monoisotopic (exact) mass is 306 g/mol. The van der Waals surface area contributed by atoms with E-state index >= 15 is 0 Å². The number of benzene rings is 1. The molecule has 1 aromatic carbocycles. The van der Waals surface area contributed by atoms with E-state index in [2.05, 4.69) is 0 Å². The van der Waals surface area contributed by atoms with Gasteiger partial charge in [0, 0.05) is 6.42 Å². The highest BCUT2D eigenvalue weighted by Gasteiger charge is 2.17. The zero-order valence-corrected chi connectivity index (χ0v) is 12.6. The first-order valence-electron chi connectivity index (χ1n) is 7.77. The molecule has 1 aliphatic carbocycles.